The summed E-state index contributed by atoms with van der Waals surface area (Å²) in [7, 11) is 3.09. The summed E-state index contributed by atoms with van der Waals surface area (Å²) in [5, 5.41) is 2.15. The van der Waals surface area contributed by atoms with Gasteiger partial charge in [0.1, 0.15) is 5.75 Å². The molecule has 2 aliphatic rings. The van der Waals surface area contributed by atoms with E-state index in [2.05, 4.69) is 16.3 Å². The predicted octanol–water partition coefficient (Wildman–Crippen LogP) is 5.32. The predicted molar refractivity (Wildman–Crippen MR) is 131 cm³/mol. The van der Waals surface area contributed by atoms with Crippen LogP contribution >= 0.6 is 11.3 Å². The summed E-state index contributed by atoms with van der Waals surface area (Å²) in [5.41, 5.74) is 3.42. The lowest BCUT2D eigenvalue weighted by atomic mass is 10.1. The number of carbonyl (C=O) groups excluding carboxylic acids is 2. The summed E-state index contributed by atoms with van der Waals surface area (Å²) in [6.07, 6.45) is 2.53. The van der Waals surface area contributed by atoms with Gasteiger partial charge in [-0.1, -0.05) is 12.1 Å². The summed E-state index contributed by atoms with van der Waals surface area (Å²) >= 11 is 1.82. The first-order valence-electron chi connectivity index (χ1n) is 11.5. The number of hydrogen-bond donors (Lipinski definition) is 0. The van der Waals surface area contributed by atoms with Crippen LogP contribution in [-0.4, -0.2) is 43.8 Å². The summed E-state index contributed by atoms with van der Waals surface area (Å²) in [6, 6.07) is 11.1. The van der Waals surface area contributed by atoms with Gasteiger partial charge in [-0.15, -0.1) is 11.3 Å². The smallest absolute Gasteiger partial charge is 0.204 e. The van der Waals surface area contributed by atoms with Crippen LogP contribution in [0.4, 0.5) is 0 Å². The van der Waals surface area contributed by atoms with E-state index in [1.165, 1.54) is 17.6 Å². The van der Waals surface area contributed by atoms with Gasteiger partial charge in [-0.2, -0.15) is 0 Å². The van der Waals surface area contributed by atoms with Crippen LogP contribution in [0.15, 0.2) is 41.8 Å². The lowest BCUT2D eigenvalue weighted by Gasteiger charge is -2.26. The van der Waals surface area contributed by atoms with Crippen LogP contribution in [0.5, 0.6) is 23.0 Å². The minimum absolute atomic E-state index is 0.0667. The first-order chi connectivity index (χ1) is 16.6. The number of Topliss-reactive ketones (excluding diaryl/α,β-unsaturated/α-hetero) is 2. The zero-order valence-corrected chi connectivity index (χ0v) is 20.2. The molecular formula is C27H27NO5S. The summed E-state index contributed by atoms with van der Waals surface area (Å²) in [5.74, 6) is 2.06. The Bertz CT molecular complexity index is 1250. The molecule has 1 aromatic heterocycles. The molecule has 176 valence electrons. The number of fused-ring (bicyclic) bond motifs is 2. The Morgan fingerprint density at radius 2 is 1.94 bits per heavy atom. The molecule has 34 heavy (non-hydrogen) atoms. The third kappa shape index (κ3) is 4.33. The minimum atomic E-state index is 0.0667. The molecule has 0 radical (unpaired) electrons. The number of thiophene rings is 1. The summed E-state index contributed by atoms with van der Waals surface area (Å²) in [6.45, 7) is 2.64. The molecule has 0 fully saturated rings. The van der Waals surface area contributed by atoms with Gasteiger partial charge in [0.2, 0.25) is 5.75 Å². The van der Waals surface area contributed by atoms with Gasteiger partial charge in [-0.3, -0.25) is 14.5 Å². The van der Waals surface area contributed by atoms with Gasteiger partial charge in [0, 0.05) is 54.0 Å². The van der Waals surface area contributed by atoms with Crippen LogP contribution in [0.3, 0.4) is 0 Å². The van der Waals surface area contributed by atoms with Crippen molar-refractivity contribution in [2.45, 2.75) is 32.2 Å². The van der Waals surface area contributed by atoms with E-state index in [1.54, 1.807) is 19.2 Å². The Kier molecular flexibility index (Phi) is 6.39. The Hall–Kier alpha value is -3.16. The number of methoxy groups -OCH3 is 2. The average Bonchev–Trinajstić information content (AvgIpc) is 3.48. The fourth-order valence-corrected chi connectivity index (χ4v) is 5.62. The van der Waals surface area contributed by atoms with Crippen molar-refractivity contribution in [1.82, 2.24) is 4.90 Å². The summed E-state index contributed by atoms with van der Waals surface area (Å²) < 4.78 is 17.2. The van der Waals surface area contributed by atoms with Crippen LogP contribution in [-0.2, 0) is 19.4 Å². The molecule has 2 heterocycles. The Morgan fingerprint density at radius 1 is 1.06 bits per heavy atom. The fraction of sp³-hybridized carbons (Fsp3) is 0.333. The van der Waals surface area contributed by atoms with E-state index in [4.69, 9.17) is 14.2 Å². The second-order valence-corrected chi connectivity index (χ2v) is 9.59. The number of rotatable bonds is 8. The van der Waals surface area contributed by atoms with E-state index in [0.717, 1.165) is 31.6 Å². The van der Waals surface area contributed by atoms with E-state index in [1.807, 2.05) is 29.5 Å². The van der Waals surface area contributed by atoms with Gasteiger partial charge in [0.15, 0.2) is 23.1 Å². The molecule has 0 N–H and O–H groups in total. The highest BCUT2D eigenvalue weighted by Gasteiger charge is 2.29. The largest absolute Gasteiger partial charge is 0.493 e. The lowest BCUT2D eigenvalue weighted by molar-refractivity contribution is 0.0959. The molecule has 0 spiro atoms. The average molecular weight is 478 g/mol. The van der Waals surface area contributed by atoms with E-state index >= 15 is 0 Å². The molecule has 0 unspecified atom stereocenters. The van der Waals surface area contributed by atoms with Gasteiger partial charge in [-0.05, 0) is 48.1 Å². The number of ether oxygens (including phenoxy) is 3. The van der Waals surface area contributed by atoms with E-state index in [0.29, 0.717) is 53.4 Å². The second kappa shape index (κ2) is 9.60. The molecule has 1 aliphatic heterocycles. The molecule has 1 aliphatic carbocycles. The SMILES string of the molecule is COc1cc2c(c(Oc3cccc(C(=O)CCN4CCc5sccc5C4)c3)c1OC)CCC2=O. The number of carbonyl (C=O) groups is 2. The minimum Gasteiger partial charge on any atom is -0.493 e. The summed E-state index contributed by atoms with van der Waals surface area (Å²) in [4.78, 5) is 29.1. The molecule has 6 nitrogen and oxygen atoms in total. The monoisotopic (exact) mass is 477 g/mol. The van der Waals surface area contributed by atoms with Crippen LogP contribution in [0, 0.1) is 0 Å². The van der Waals surface area contributed by atoms with Crippen molar-refractivity contribution in [2.24, 2.45) is 0 Å². The first-order valence-corrected chi connectivity index (χ1v) is 12.3. The van der Waals surface area contributed by atoms with Gasteiger partial charge in [0.25, 0.3) is 0 Å². The molecular weight excluding hydrogens is 450 g/mol. The fourth-order valence-electron chi connectivity index (χ4n) is 4.73. The van der Waals surface area contributed by atoms with Gasteiger partial charge in [-0.25, -0.2) is 0 Å². The van der Waals surface area contributed by atoms with Crippen molar-refractivity contribution in [2.75, 3.05) is 27.3 Å². The number of benzene rings is 2. The van der Waals surface area contributed by atoms with Gasteiger partial charge in [0.05, 0.1) is 14.2 Å². The molecule has 0 atom stereocenters. The van der Waals surface area contributed by atoms with Crippen LogP contribution in [0.1, 0.15) is 49.6 Å². The van der Waals surface area contributed by atoms with Crippen molar-refractivity contribution in [3.63, 3.8) is 0 Å². The number of ketones is 2. The van der Waals surface area contributed by atoms with E-state index in [-0.39, 0.29) is 11.6 Å². The van der Waals surface area contributed by atoms with E-state index in [9.17, 15) is 9.59 Å². The molecule has 0 saturated carbocycles. The number of hydrogen-bond acceptors (Lipinski definition) is 7. The second-order valence-electron chi connectivity index (χ2n) is 8.59. The Morgan fingerprint density at radius 3 is 2.76 bits per heavy atom. The quantitative estimate of drug-likeness (QED) is 0.409. The van der Waals surface area contributed by atoms with Crippen LogP contribution < -0.4 is 14.2 Å². The molecule has 5 rings (SSSR count). The zero-order valence-electron chi connectivity index (χ0n) is 19.4. The normalized spacial score (nSPS) is 15.1. The highest BCUT2D eigenvalue weighted by Crippen LogP contribution is 2.47. The highest BCUT2D eigenvalue weighted by atomic mass is 32.1. The molecule has 0 amide bonds. The third-order valence-electron chi connectivity index (χ3n) is 6.55. The lowest BCUT2D eigenvalue weighted by Crippen LogP contribution is -2.31. The van der Waals surface area contributed by atoms with E-state index < -0.39 is 0 Å². The van der Waals surface area contributed by atoms with Gasteiger partial charge >= 0.3 is 0 Å². The topological polar surface area (TPSA) is 65.1 Å². The molecule has 3 aromatic rings. The third-order valence-corrected chi connectivity index (χ3v) is 7.57. The Labute approximate surface area is 203 Å². The highest BCUT2D eigenvalue weighted by molar-refractivity contribution is 7.10. The zero-order chi connectivity index (χ0) is 23.7. The molecule has 0 saturated heterocycles. The first kappa shape index (κ1) is 22.6. The maximum Gasteiger partial charge on any atom is 0.204 e. The number of nitrogens with zero attached hydrogens (tertiary/aromatic N) is 1. The van der Waals surface area contributed by atoms with Crippen molar-refractivity contribution in [3.05, 3.63) is 68.9 Å². The van der Waals surface area contributed by atoms with Crippen molar-refractivity contribution >= 4 is 22.9 Å². The molecule has 2 aromatic carbocycles. The molecule has 0 bridgehead atoms. The van der Waals surface area contributed by atoms with Crippen molar-refractivity contribution in [3.8, 4) is 23.0 Å². The standard InChI is InChI=1S/C27H27NO5S/c1-31-24-15-21-20(6-7-23(21)30)26(27(24)32-2)33-19-5-3-4-17(14-19)22(29)8-11-28-12-9-25-18(16-28)10-13-34-25/h3-5,10,13-15H,6-9,11-12,16H2,1-2H3. The maximum atomic E-state index is 13.0. The Balaban J connectivity index is 1.32. The molecule has 7 heteroatoms. The van der Waals surface area contributed by atoms with Crippen molar-refractivity contribution < 1.29 is 23.8 Å². The maximum absolute atomic E-state index is 13.0. The van der Waals surface area contributed by atoms with Crippen LogP contribution in [0.2, 0.25) is 0 Å². The van der Waals surface area contributed by atoms with Gasteiger partial charge < -0.3 is 14.2 Å². The van der Waals surface area contributed by atoms with Crippen molar-refractivity contribution in [1.29, 1.82) is 0 Å². The van der Waals surface area contributed by atoms with Crippen LogP contribution in [0.25, 0.3) is 0 Å².